The van der Waals surface area contributed by atoms with E-state index in [1.54, 1.807) is 45.3 Å². The Bertz CT molecular complexity index is 1070. The van der Waals surface area contributed by atoms with Crippen LogP contribution in [0.2, 0.25) is 0 Å². The Morgan fingerprint density at radius 1 is 1.25 bits per heavy atom. The third-order valence-electron chi connectivity index (χ3n) is 5.50. The Kier molecular flexibility index (Phi) is 6.78. The van der Waals surface area contributed by atoms with Gasteiger partial charge in [0.2, 0.25) is 0 Å². The predicted molar refractivity (Wildman–Crippen MR) is 118 cm³/mol. The number of carbonyl (C=O) groups excluding carboxylic acids is 3. The van der Waals surface area contributed by atoms with E-state index in [1.807, 2.05) is 19.0 Å². The van der Waals surface area contributed by atoms with E-state index in [2.05, 4.69) is 9.97 Å². The Hall–Kier alpha value is -3.46. The fourth-order valence-corrected chi connectivity index (χ4v) is 3.96. The van der Waals surface area contributed by atoms with E-state index in [0.29, 0.717) is 35.5 Å². The molecular weight excluding hydrogens is 412 g/mol. The summed E-state index contributed by atoms with van der Waals surface area (Å²) in [5, 5.41) is 11.3. The fraction of sp³-hybridized carbons (Fsp3) is 0.391. The molecule has 2 N–H and O–H groups in total. The van der Waals surface area contributed by atoms with Gasteiger partial charge in [0.05, 0.1) is 18.2 Å². The Balaban J connectivity index is 2.18. The molecule has 1 aliphatic rings. The topological polar surface area (TPSA) is 116 Å². The van der Waals surface area contributed by atoms with Gasteiger partial charge in [0.15, 0.2) is 0 Å². The number of H-pyrrole nitrogens is 1. The first kappa shape index (κ1) is 23.2. The molecule has 0 saturated carbocycles. The van der Waals surface area contributed by atoms with Gasteiger partial charge in [-0.05, 0) is 58.1 Å². The number of nitrogens with one attached hydrogen (secondary N) is 1. The Morgan fingerprint density at radius 3 is 2.50 bits per heavy atom. The minimum absolute atomic E-state index is 0.0134. The van der Waals surface area contributed by atoms with Crippen LogP contribution in [0.15, 0.2) is 30.1 Å². The van der Waals surface area contributed by atoms with Crippen molar-refractivity contribution in [2.45, 2.75) is 26.8 Å². The SMILES string of the molecule is CCOC(=O)c1[nH]c(C)c(C(O)=C2C(=O)C(=O)N(CCN(C)C)[C@@H]2c2ccncc2)c1C. The van der Waals surface area contributed by atoms with Crippen molar-refractivity contribution in [3.8, 4) is 0 Å². The first-order valence-corrected chi connectivity index (χ1v) is 10.4. The summed E-state index contributed by atoms with van der Waals surface area (Å²) in [6, 6.07) is 2.67. The number of likely N-dealkylation sites (N-methyl/N-ethyl adjacent to an activating group) is 1. The van der Waals surface area contributed by atoms with E-state index in [-0.39, 0.29) is 23.6 Å². The van der Waals surface area contributed by atoms with Crippen LogP contribution in [-0.2, 0) is 14.3 Å². The number of amides is 1. The molecule has 1 fully saturated rings. The first-order valence-electron chi connectivity index (χ1n) is 10.4. The van der Waals surface area contributed by atoms with Crippen LogP contribution >= 0.6 is 0 Å². The van der Waals surface area contributed by atoms with Crippen molar-refractivity contribution in [1.29, 1.82) is 0 Å². The van der Waals surface area contributed by atoms with Gasteiger partial charge in [0.1, 0.15) is 11.5 Å². The van der Waals surface area contributed by atoms with Gasteiger partial charge in [-0.3, -0.25) is 14.6 Å². The zero-order valence-corrected chi connectivity index (χ0v) is 18.9. The van der Waals surface area contributed by atoms with Gasteiger partial charge in [-0.25, -0.2) is 4.79 Å². The number of ether oxygens (including phenoxy) is 1. The second-order valence-electron chi connectivity index (χ2n) is 7.92. The highest BCUT2D eigenvalue weighted by Gasteiger charge is 2.46. The maximum absolute atomic E-state index is 13.1. The van der Waals surface area contributed by atoms with Gasteiger partial charge in [0.25, 0.3) is 11.7 Å². The number of ketones is 1. The summed E-state index contributed by atoms with van der Waals surface area (Å²) in [5.41, 5.74) is 2.12. The van der Waals surface area contributed by atoms with Gasteiger partial charge < -0.3 is 24.6 Å². The molecule has 3 rings (SSSR count). The molecule has 9 nitrogen and oxygen atoms in total. The highest BCUT2D eigenvalue weighted by atomic mass is 16.5. The highest BCUT2D eigenvalue weighted by Crippen LogP contribution is 2.40. The van der Waals surface area contributed by atoms with E-state index < -0.39 is 23.7 Å². The van der Waals surface area contributed by atoms with Crippen molar-refractivity contribution in [2.75, 3.05) is 33.8 Å². The van der Waals surface area contributed by atoms with E-state index in [1.165, 1.54) is 4.90 Å². The van der Waals surface area contributed by atoms with E-state index in [9.17, 15) is 19.5 Å². The number of aromatic amines is 1. The molecule has 1 atom stereocenters. The molecule has 0 radical (unpaired) electrons. The summed E-state index contributed by atoms with van der Waals surface area (Å²) in [6.07, 6.45) is 3.15. The molecule has 3 heterocycles. The standard InChI is InChI=1S/C23H28N4O5/c1-6-32-23(31)18-13(2)16(14(3)25-18)20(28)17-19(15-7-9-24-10-8-15)27(12-11-26(4)5)22(30)21(17)29/h7-10,19,25,28H,6,11-12H2,1-5H3/t19-/m1/s1. The molecule has 0 aromatic carbocycles. The molecule has 0 spiro atoms. The molecule has 1 aliphatic heterocycles. The van der Waals surface area contributed by atoms with Crippen LogP contribution in [0.1, 0.15) is 45.8 Å². The fourth-order valence-electron chi connectivity index (χ4n) is 3.96. The normalized spacial score (nSPS) is 17.9. The second-order valence-corrected chi connectivity index (χ2v) is 7.92. The van der Waals surface area contributed by atoms with Gasteiger partial charge in [-0.1, -0.05) is 0 Å². The number of pyridine rings is 1. The van der Waals surface area contributed by atoms with Crippen LogP contribution in [0.3, 0.4) is 0 Å². The van der Waals surface area contributed by atoms with Crippen molar-refractivity contribution >= 4 is 23.4 Å². The number of nitrogens with zero attached hydrogens (tertiary/aromatic N) is 3. The number of carbonyl (C=O) groups is 3. The van der Waals surface area contributed by atoms with Crippen LogP contribution in [0.4, 0.5) is 0 Å². The summed E-state index contributed by atoms with van der Waals surface area (Å²) in [5.74, 6) is -2.31. The number of aliphatic hydroxyl groups excluding tert-OH is 1. The number of rotatable bonds is 7. The lowest BCUT2D eigenvalue weighted by atomic mass is 9.94. The summed E-state index contributed by atoms with van der Waals surface area (Å²) in [4.78, 5) is 48.6. The first-order chi connectivity index (χ1) is 15.2. The van der Waals surface area contributed by atoms with Crippen LogP contribution in [-0.4, -0.2) is 76.3 Å². The molecular formula is C23H28N4O5. The van der Waals surface area contributed by atoms with Crippen molar-refractivity contribution in [1.82, 2.24) is 19.8 Å². The summed E-state index contributed by atoms with van der Waals surface area (Å²) in [7, 11) is 3.75. The predicted octanol–water partition coefficient (Wildman–Crippen LogP) is 2.19. The van der Waals surface area contributed by atoms with Crippen LogP contribution in [0.5, 0.6) is 0 Å². The van der Waals surface area contributed by atoms with Crippen molar-refractivity contribution in [3.63, 3.8) is 0 Å². The molecule has 1 saturated heterocycles. The molecule has 0 unspecified atom stereocenters. The summed E-state index contributed by atoms with van der Waals surface area (Å²) >= 11 is 0. The van der Waals surface area contributed by atoms with Crippen LogP contribution < -0.4 is 0 Å². The average molecular weight is 441 g/mol. The highest BCUT2D eigenvalue weighted by molar-refractivity contribution is 6.46. The van der Waals surface area contributed by atoms with Gasteiger partial charge in [-0.2, -0.15) is 0 Å². The maximum atomic E-state index is 13.1. The van der Waals surface area contributed by atoms with Gasteiger partial charge >= 0.3 is 5.97 Å². The molecule has 2 aromatic rings. The van der Waals surface area contributed by atoms with Gasteiger partial charge in [0, 0.05) is 36.7 Å². The summed E-state index contributed by atoms with van der Waals surface area (Å²) in [6.45, 7) is 6.11. The smallest absolute Gasteiger partial charge is 0.355 e. The minimum atomic E-state index is -0.766. The molecule has 2 aromatic heterocycles. The van der Waals surface area contributed by atoms with E-state index in [0.717, 1.165) is 0 Å². The van der Waals surface area contributed by atoms with E-state index >= 15 is 0 Å². The number of hydrogen-bond acceptors (Lipinski definition) is 7. The Labute approximate surface area is 186 Å². The third-order valence-corrected chi connectivity index (χ3v) is 5.50. The average Bonchev–Trinajstić information content (AvgIpc) is 3.19. The molecule has 0 bridgehead atoms. The molecule has 0 aliphatic carbocycles. The number of esters is 1. The lowest BCUT2D eigenvalue weighted by Crippen LogP contribution is -2.35. The van der Waals surface area contributed by atoms with Crippen molar-refractivity contribution in [2.24, 2.45) is 0 Å². The number of aliphatic hydroxyl groups is 1. The Morgan fingerprint density at radius 2 is 1.91 bits per heavy atom. The van der Waals surface area contributed by atoms with Gasteiger partial charge in [-0.15, -0.1) is 0 Å². The number of Topliss-reactive ketones (excluding diaryl/α,β-unsaturated/α-hetero) is 1. The van der Waals surface area contributed by atoms with Crippen molar-refractivity contribution in [3.05, 3.63) is 58.2 Å². The monoisotopic (exact) mass is 440 g/mol. The quantitative estimate of drug-likeness (QED) is 0.293. The third kappa shape index (κ3) is 4.16. The lowest BCUT2D eigenvalue weighted by molar-refractivity contribution is -0.140. The molecule has 1 amide bonds. The number of likely N-dealkylation sites (tertiary alicyclic amines) is 1. The maximum Gasteiger partial charge on any atom is 0.355 e. The minimum Gasteiger partial charge on any atom is -0.507 e. The zero-order valence-electron chi connectivity index (χ0n) is 18.9. The van der Waals surface area contributed by atoms with Crippen LogP contribution in [0.25, 0.3) is 5.76 Å². The second kappa shape index (κ2) is 9.35. The molecule has 170 valence electrons. The number of aryl methyl sites for hydroxylation is 1. The largest absolute Gasteiger partial charge is 0.507 e. The van der Waals surface area contributed by atoms with E-state index in [4.69, 9.17) is 4.74 Å². The number of aromatic nitrogens is 2. The molecule has 9 heteroatoms. The van der Waals surface area contributed by atoms with Crippen molar-refractivity contribution < 1.29 is 24.2 Å². The molecule has 32 heavy (non-hydrogen) atoms. The zero-order chi connectivity index (χ0) is 23.6. The van der Waals surface area contributed by atoms with Crippen LogP contribution in [0, 0.1) is 13.8 Å². The number of hydrogen-bond donors (Lipinski definition) is 2. The summed E-state index contributed by atoms with van der Waals surface area (Å²) < 4.78 is 5.07. The lowest BCUT2D eigenvalue weighted by Gasteiger charge is -2.26.